The highest BCUT2D eigenvalue weighted by molar-refractivity contribution is 5.99. The van der Waals surface area contributed by atoms with Gasteiger partial charge < -0.3 is 15.5 Å². The molecule has 0 unspecified atom stereocenters. The second-order valence-electron chi connectivity index (χ2n) is 10.5. The highest BCUT2D eigenvalue weighted by atomic mass is 16.5. The Morgan fingerprint density at radius 3 is 2.45 bits per heavy atom. The van der Waals surface area contributed by atoms with Crippen LogP contribution in [-0.4, -0.2) is 67.0 Å². The highest BCUT2D eigenvalue weighted by Gasteiger charge is 2.30. The van der Waals surface area contributed by atoms with Crippen LogP contribution in [-0.2, 0) is 4.74 Å². The highest BCUT2D eigenvalue weighted by Crippen LogP contribution is 2.37. The molecule has 0 atom stereocenters. The summed E-state index contributed by atoms with van der Waals surface area (Å²) in [6.45, 7) is 5.85. The largest absolute Gasteiger partial charge is 0.383 e. The number of ether oxygens (including phenoxy) is 1. The molecule has 194 valence electrons. The van der Waals surface area contributed by atoms with Crippen LogP contribution in [0.4, 0.5) is 5.82 Å². The van der Waals surface area contributed by atoms with Gasteiger partial charge in [0.1, 0.15) is 23.7 Å². The number of nitrogens with one attached hydrogen (secondary N) is 1. The van der Waals surface area contributed by atoms with Crippen LogP contribution in [0.5, 0.6) is 0 Å². The molecule has 9 heteroatoms. The molecule has 5 aromatic rings. The number of nitrogens with two attached hydrogens (primary N) is 1. The predicted molar refractivity (Wildman–Crippen MR) is 149 cm³/mol. The average molecular weight is 509 g/mol. The van der Waals surface area contributed by atoms with Gasteiger partial charge in [-0.05, 0) is 44.7 Å². The van der Waals surface area contributed by atoms with Gasteiger partial charge in [0.2, 0.25) is 0 Å². The van der Waals surface area contributed by atoms with Crippen molar-refractivity contribution >= 4 is 27.9 Å². The molecule has 1 saturated carbocycles. The average Bonchev–Trinajstić information content (AvgIpc) is 3.56. The lowest BCUT2D eigenvalue weighted by Gasteiger charge is -2.38. The molecule has 1 aliphatic carbocycles. The van der Waals surface area contributed by atoms with Crippen molar-refractivity contribution in [3.05, 3.63) is 54.4 Å². The van der Waals surface area contributed by atoms with Crippen molar-refractivity contribution < 1.29 is 4.74 Å². The number of fused-ring (bicyclic) bond motifs is 2. The van der Waals surface area contributed by atoms with Crippen molar-refractivity contribution in [3.8, 4) is 22.6 Å². The first-order valence-electron chi connectivity index (χ1n) is 13.5. The number of H-pyrrole nitrogens is 1. The molecule has 1 aliphatic heterocycles. The van der Waals surface area contributed by atoms with Gasteiger partial charge in [-0.2, -0.15) is 5.10 Å². The molecule has 0 radical (unpaired) electrons. The van der Waals surface area contributed by atoms with Gasteiger partial charge in [0.15, 0.2) is 5.65 Å². The van der Waals surface area contributed by atoms with Gasteiger partial charge in [0.25, 0.3) is 0 Å². The minimum Gasteiger partial charge on any atom is -0.383 e. The Bertz CT molecular complexity index is 1590. The second-order valence-corrected chi connectivity index (χ2v) is 10.5. The molecule has 3 aromatic heterocycles. The fourth-order valence-electron chi connectivity index (χ4n) is 6.07. The van der Waals surface area contributed by atoms with Crippen molar-refractivity contribution in [2.24, 2.45) is 0 Å². The third-order valence-electron chi connectivity index (χ3n) is 8.17. The number of hydrogen-bond acceptors (Lipinski definition) is 7. The lowest BCUT2D eigenvalue weighted by atomic mass is 9.90. The third kappa shape index (κ3) is 4.12. The fraction of sp³-hybridized carbons (Fsp3) is 0.379. The van der Waals surface area contributed by atoms with Crippen LogP contribution >= 0.6 is 0 Å². The van der Waals surface area contributed by atoms with Crippen molar-refractivity contribution in [2.75, 3.05) is 32.0 Å². The summed E-state index contributed by atoms with van der Waals surface area (Å²) in [5.41, 5.74) is 13.2. The van der Waals surface area contributed by atoms with E-state index in [9.17, 15) is 0 Å². The van der Waals surface area contributed by atoms with E-state index >= 15 is 0 Å². The van der Waals surface area contributed by atoms with E-state index in [1.165, 1.54) is 5.56 Å². The van der Waals surface area contributed by atoms with Crippen molar-refractivity contribution in [1.82, 2.24) is 34.6 Å². The number of rotatable bonds is 4. The Hall–Kier alpha value is -3.82. The van der Waals surface area contributed by atoms with Gasteiger partial charge in [0.05, 0.1) is 35.7 Å². The number of nitrogen functional groups attached to an aromatic ring is 1. The lowest BCUT2D eigenvalue weighted by molar-refractivity contribution is 0.00520. The van der Waals surface area contributed by atoms with E-state index in [-0.39, 0.29) is 0 Å². The molecular formula is C29H32N8O. The molecule has 9 nitrogen and oxygen atoms in total. The summed E-state index contributed by atoms with van der Waals surface area (Å²) in [5.74, 6) is 1.32. The SMILES string of the molecule is Cc1ccc(-c2nc3ccc(-c4nn(C5CCC(N6CCOCC6)CC5)c5ncnc(N)c45)cc3[nH]2)cc1. The van der Waals surface area contributed by atoms with Gasteiger partial charge >= 0.3 is 0 Å². The summed E-state index contributed by atoms with van der Waals surface area (Å²) in [4.78, 5) is 19.9. The van der Waals surface area contributed by atoms with E-state index in [0.29, 0.717) is 17.9 Å². The van der Waals surface area contributed by atoms with Crippen molar-refractivity contribution in [2.45, 2.75) is 44.7 Å². The van der Waals surface area contributed by atoms with Crippen molar-refractivity contribution in [1.29, 1.82) is 0 Å². The van der Waals surface area contributed by atoms with Crippen LogP contribution in [0.2, 0.25) is 0 Å². The maximum Gasteiger partial charge on any atom is 0.164 e. The van der Waals surface area contributed by atoms with Crippen LogP contribution in [0.1, 0.15) is 37.3 Å². The molecule has 2 aliphatic rings. The van der Waals surface area contributed by atoms with E-state index in [2.05, 4.69) is 67.9 Å². The fourth-order valence-corrected chi connectivity index (χ4v) is 6.07. The first-order valence-corrected chi connectivity index (χ1v) is 13.5. The van der Waals surface area contributed by atoms with Crippen LogP contribution in [0, 0.1) is 6.92 Å². The second kappa shape index (κ2) is 9.49. The third-order valence-corrected chi connectivity index (χ3v) is 8.17. The van der Waals surface area contributed by atoms with Gasteiger partial charge in [-0.1, -0.05) is 35.9 Å². The van der Waals surface area contributed by atoms with E-state index in [1.54, 1.807) is 6.33 Å². The topological polar surface area (TPSA) is 111 Å². The number of morpholine rings is 1. The molecule has 2 aromatic carbocycles. The Kier molecular flexibility index (Phi) is 5.82. The van der Waals surface area contributed by atoms with Gasteiger partial charge in [-0.15, -0.1) is 0 Å². The normalized spacial score (nSPS) is 20.9. The van der Waals surface area contributed by atoms with Crippen molar-refractivity contribution in [3.63, 3.8) is 0 Å². The summed E-state index contributed by atoms with van der Waals surface area (Å²) in [7, 11) is 0. The zero-order valence-corrected chi connectivity index (χ0v) is 21.6. The van der Waals surface area contributed by atoms with Crippen LogP contribution in [0.3, 0.4) is 0 Å². The Morgan fingerprint density at radius 1 is 0.921 bits per heavy atom. The smallest absolute Gasteiger partial charge is 0.164 e. The van der Waals surface area contributed by atoms with Gasteiger partial charge in [-0.3, -0.25) is 4.90 Å². The minimum absolute atomic E-state index is 0.293. The van der Waals surface area contributed by atoms with Crippen LogP contribution in [0.15, 0.2) is 48.8 Å². The molecule has 0 bridgehead atoms. The molecule has 7 rings (SSSR count). The molecule has 38 heavy (non-hydrogen) atoms. The molecule has 4 heterocycles. The van der Waals surface area contributed by atoms with E-state index in [0.717, 1.165) is 96.7 Å². The number of imidazole rings is 1. The van der Waals surface area contributed by atoms with Crippen LogP contribution in [0.25, 0.3) is 44.7 Å². The van der Waals surface area contributed by atoms with E-state index < -0.39 is 0 Å². The Balaban J connectivity index is 1.22. The molecule has 1 saturated heterocycles. The molecule has 3 N–H and O–H groups in total. The zero-order chi connectivity index (χ0) is 25.6. The molecule has 0 spiro atoms. The summed E-state index contributed by atoms with van der Waals surface area (Å²) < 4.78 is 7.66. The maximum absolute atomic E-state index is 6.42. The number of aromatic amines is 1. The van der Waals surface area contributed by atoms with E-state index in [1.807, 2.05) is 6.07 Å². The summed E-state index contributed by atoms with van der Waals surface area (Å²) >= 11 is 0. The number of benzene rings is 2. The monoisotopic (exact) mass is 508 g/mol. The first-order chi connectivity index (χ1) is 18.6. The number of hydrogen-bond donors (Lipinski definition) is 2. The summed E-state index contributed by atoms with van der Waals surface area (Å²) in [6, 6.07) is 15.5. The first kappa shape index (κ1) is 23.3. The van der Waals surface area contributed by atoms with Gasteiger partial charge in [0, 0.05) is 30.3 Å². The molecular weight excluding hydrogens is 476 g/mol. The minimum atomic E-state index is 0.293. The summed E-state index contributed by atoms with van der Waals surface area (Å²) in [5, 5.41) is 5.95. The van der Waals surface area contributed by atoms with Crippen LogP contribution < -0.4 is 5.73 Å². The Labute approximate surface area is 221 Å². The number of aryl methyl sites for hydroxylation is 1. The maximum atomic E-state index is 6.42. The standard InChI is InChI=1S/C29H32N8O/c1-18-2-4-19(5-3-18)28-33-23-11-6-20(16-24(23)34-28)26-25-27(30)31-17-32-29(25)37(35-26)22-9-7-21(8-10-22)36-12-14-38-15-13-36/h2-6,11,16-17,21-22H,7-10,12-15H2,1H3,(H,33,34)(H2,30,31,32). The van der Waals surface area contributed by atoms with Gasteiger partial charge in [-0.25, -0.2) is 19.6 Å². The number of aromatic nitrogens is 6. The molecule has 2 fully saturated rings. The quantitative estimate of drug-likeness (QED) is 0.361. The summed E-state index contributed by atoms with van der Waals surface area (Å²) in [6.07, 6.45) is 6.00. The van der Waals surface area contributed by atoms with E-state index in [4.69, 9.17) is 20.6 Å². The number of anilines is 1. The lowest BCUT2D eigenvalue weighted by Crippen LogP contribution is -2.45. The predicted octanol–water partition coefficient (Wildman–Crippen LogP) is 4.74. The Morgan fingerprint density at radius 2 is 1.66 bits per heavy atom. The number of nitrogens with zero attached hydrogens (tertiary/aromatic N) is 6. The molecule has 0 amide bonds. The zero-order valence-electron chi connectivity index (χ0n) is 21.6.